The quantitative estimate of drug-likeness (QED) is 0.654. The molecule has 1 aliphatic heterocycles. The highest BCUT2D eigenvalue weighted by atomic mass is 15.2. The van der Waals surface area contributed by atoms with Gasteiger partial charge >= 0.3 is 0 Å². The molecule has 0 aromatic carbocycles. The van der Waals surface area contributed by atoms with Gasteiger partial charge in [-0.2, -0.15) is 0 Å². The van der Waals surface area contributed by atoms with Crippen molar-refractivity contribution in [3.8, 4) is 0 Å². The van der Waals surface area contributed by atoms with Gasteiger partial charge < -0.3 is 4.90 Å². The number of hydrogen-bond donors (Lipinski definition) is 0. The van der Waals surface area contributed by atoms with E-state index in [2.05, 4.69) is 32.6 Å². The second kappa shape index (κ2) is 3.84. The molecule has 1 heterocycles. The molecule has 0 spiro atoms. The third-order valence-corrected chi connectivity index (χ3v) is 4.44. The highest BCUT2D eigenvalue weighted by Crippen LogP contribution is 2.45. The molecule has 82 valence electrons. The number of likely N-dealkylation sites (tertiary alicyclic amines) is 1. The minimum atomic E-state index is 0.756. The van der Waals surface area contributed by atoms with Crippen molar-refractivity contribution in [3.63, 3.8) is 0 Å². The highest BCUT2D eigenvalue weighted by Gasteiger charge is 2.43. The van der Waals surface area contributed by atoms with Crippen LogP contribution in [0.15, 0.2) is 0 Å². The standard InChI is InChI=1S/C13H25N/c1-9(2)13-11-5-6-12(13)8-14(7-11)10(3)4/h9-13H,5-8H2,1-4H3/t11-,12?,13?/m1/s1. The van der Waals surface area contributed by atoms with Gasteiger partial charge in [0.2, 0.25) is 0 Å². The first-order chi connectivity index (χ1) is 6.59. The van der Waals surface area contributed by atoms with Gasteiger partial charge in [-0.1, -0.05) is 13.8 Å². The fraction of sp³-hybridized carbons (Fsp3) is 1.00. The molecule has 2 fully saturated rings. The molecule has 1 heteroatoms. The van der Waals surface area contributed by atoms with Crippen molar-refractivity contribution in [2.24, 2.45) is 23.7 Å². The van der Waals surface area contributed by atoms with Crippen LogP contribution in [0.25, 0.3) is 0 Å². The molecular weight excluding hydrogens is 170 g/mol. The van der Waals surface area contributed by atoms with Crippen LogP contribution in [0.2, 0.25) is 0 Å². The molecule has 1 nitrogen and oxygen atoms in total. The van der Waals surface area contributed by atoms with Gasteiger partial charge in [-0.15, -0.1) is 0 Å². The van der Waals surface area contributed by atoms with Crippen molar-refractivity contribution in [2.75, 3.05) is 13.1 Å². The highest BCUT2D eigenvalue weighted by molar-refractivity contribution is 4.94. The Labute approximate surface area is 88.9 Å². The lowest BCUT2D eigenvalue weighted by Crippen LogP contribution is -2.46. The van der Waals surface area contributed by atoms with Crippen molar-refractivity contribution in [1.29, 1.82) is 0 Å². The molecule has 0 aromatic rings. The second-order valence-corrected chi connectivity index (χ2v) is 5.97. The summed E-state index contributed by atoms with van der Waals surface area (Å²) in [4.78, 5) is 2.70. The molecule has 0 amide bonds. The van der Waals surface area contributed by atoms with Crippen molar-refractivity contribution in [1.82, 2.24) is 4.90 Å². The van der Waals surface area contributed by atoms with Gasteiger partial charge in [0, 0.05) is 19.1 Å². The van der Waals surface area contributed by atoms with Crippen LogP contribution in [0, 0.1) is 23.7 Å². The number of rotatable bonds is 2. The van der Waals surface area contributed by atoms with Gasteiger partial charge in [-0.05, 0) is 50.4 Å². The lowest BCUT2D eigenvalue weighted by atomic mass is 9.77. The van der Waals surface area contributed by atoms with Crippen LogP contribution in [-0.4, -0.2) is 24.0 Å². The summed E-state index contributed by atoms with van der Waals surface area (Å²) in [6, 6.07) is 0.756. The Morgan fingerprint density at radius 2 is 1.43 bits per heavy atom. The van der Waals surface area contributed by atoms with E-state index in [-0.39, 0.29) is 0 Å². The van der Waals surface area contributed by atoms with Gasteiger partial charge in [-0.25, -0.2) is 0 Å². The van der Waals surface area contributed by atoms with Crippen LogP contribution >= 0.6 is 0 Å². The zero-order valence-electron chi connectivity index (χ0n) is 10.2. The van der Waals surface area contributed by atoms with Crippen LogP contribution in [-0.2, 0) is 0 Å². The molecule has 2 aliphatic rings. The molecular formula is C13H25N. The van der Waals surface area contributed by atoms with Crippen molar-refractivity contribution in [3.05, 3.63) is 0 Å². The predicted molar refractivity (Wildman–Crippen MR) is 61.3 cm³/mol. The Balaban J connectivity index is 2.05. The predicted octanol–water partition coefficient (Wildman–Crippen LogP) is 3.01. The monoisotopic (exact) mass is 195 g/mol. The molecule has 1 saturated carbocycles. The Morgan fingerprint density at radius 1 is 0.929 bits per heavy atom. The average molecular weight is 195 g/mol. The maximum atomic E-state index is 2.70. The van der Waals surface area contributed by atoms with E-state index in [0.29, 0.717) is 0 Å². The van der Waals surface area contributed by atoms with Gasteiger partial charge in [0.15, 0.2) is 0 Å². The minimum Gasteiger partial charge on any atom is -0.300 e. The van der Waals surface area contributed by atoms with E-state index < -0.39 is 0 Å². The number of hydrogen-bond acceptors (Lipinski definition) is 1. The van der Waals surface area contributed by atoms with E-state index >= 15 is 0 Å². The normalized spacial score (nSPS) is 38.6. The molecule has 0 N–H and O–H groups in total. The first kappa shape index (κ1) is 10.5. The largest absolute Gasteiger partial charge is 0.300 e. The van der Waals surface area contributed by atoms with E-state index in [1.165, 1.54) is 25.9 Å². The zero-order valence-corrected chi connectivity index (χ0v) is 10.2. The summed E-state index contributed by atoms with van der Waals surface area (Å²) >= 11 is 0. The topological polar surface area (TPSA) is 3.24 Å². The lowest BCUT2D eigenvalue weighted by Gasteiger charge is -2.41. The van der Waals surface area contributed by atoms with Crippen LogP contribution in [0.4, 0.5) is 0 Å². The van der Waals surface area contributed by atoms with Crippen LogP contribution in [0.5, 0.6) is 0 Å². The van der Waals surface area contributed by atoms with Crippen molar-refractivity contribution >= 4 is 0 Å². The number of piperidine rings is 1. The molecule has 1 saturated heterocycles. The van der Waals surface area contributed by atoms with E-state index in [0.717, 1.165) is 29.7 Å². The summed E-state index contributed by atoms with van der Waals surface area (Å²) in [6.45, 7) is 12.3. The van der Waals surface area contributed by atoms with E-state index in [9.17, 15) is 0 Å². The molecule has 2 unspecified atom stereocenters. The second-order valence-electron chi connectivity index (χ2n) is 5.97. The SMILES string of the molecule is CC(C)C1C2CC[C@@H]1CN(C(C)C)C2. The summed E-state index contributed by atoms with van der Waals surface area (Å²) < 4.78 is 0. The van der Waals surface area contributed by atoms with Gasteiger partial charge in [0.05, 0.1) is 0 Å². The summed E-state index contributed by atoms with van der Waals surface area (Å²) in [5, 5.41) is 0. The first-order valence-corrected chi connectivity index (χ1v) is 6.33. The Bertz CT molecular complexity index is 183. The van der Waals surface area contributed by atoms with Gasteiger partial charge in [0.25, 0.3) is 0 Å². The zero-order chi connectivity index (χ0) is 10.3. The maximum Gasteiger partial charge on any atom is 0.00388 e. The smallest absolute Gasteiger partial charge is 0.00388 e. The first-order valence-electron chi connectivity index (χ1n) is 6.33. The Kier molecular flexibility index (Phi) is 2.88. The van der Waals surface area contributed by atoms with E-state index in [4.69, 9.17) is 0 Å². The molecule has 3 atom stereocenters. The van der Waals surface area contributed by atoms with Crippen molar-refractivity contribution in [2.45, 2.75) is 46.6 Å². The van der Waals surface area contributed by atoms with Crippen LogP contribution < -0.4 is 0 Å². The lowest BCUT2D eigenvalue weighted by molar-refractivity contribution is 0.0612. The average Bonchev–Trinajstić information content (AvgIpc) is 2.37. The Morgan fingerprint density at radius 3 is 1.79 bits per heavy atom. The Hall–Kier alpha value is -0.0400. The molecule has 0 aromatic heterocycles. The minimum absolute atomic E-state index is 0.756. The van der Waals surface area contributed by atoms with Crippen molar-refractivity contribution < 1.29 is 0 Å². The molecule has 2 bridgehead atoms. The maximum absolute atomic E-state index is 2.70. The third kappa shape index (κ3) is 1.71. The van der Waals surface area contributed by atoms with Crippen LogP contribution in [0.1, 0.15) is 40.5 Å². The van der Waals surface area contributed by atoms with E-state index in [1.54, 1.807) is 0 Å². The van der Waals surface area contributed by atoms with Crippen LogP contribution in [0.3, 0.4) is 0 Å². The number of fused-ring (bicyclic) bond motifs is 2. The molecule has 1 aliphatic carbocycles. The summed E-state index contributed by atoms with van der Waals surface area (Å²) in [6.07, 6.45) is 2.99. The third-order valence-electron chi connectivity index (χ3n) is 4.44. The van der Waals surface area contributed by atoms with E-state index in [1.807, 2.05) is 0 Å². The van der Waals surface area contributed by atoms with Gasteiger partial charge in [-0.3, -0.25) is 0 Å². The molecule has 0 radical (unpaired) electrons. The molecule has 14 heavy (non-hydrogen) atoms. The fourth-order valence-electron chi connectivity index (χ4n) is 3.81. The summed E-state index contributed by atoms with van der Waals surface area (Å²) in [5.74, 6) is 3.96. The molecule has 2 rings (SSSR count). The summed E-state index contributed by atoms with van der Waals surface area (Å²) in [5.41, 5.74) is 0. The fourth-order valence-corrected chi connectivity index (χ4v) is 3.81. The number of nitrogens with zero attached hydrogens (tertiary/aromatic N) is 1. The van der Waals surface area contributed by atoms with Gasteiger partial charge in [0.1, 0.15) is 0 Å². The summed E-state index contributed by atoms with van der Waals surface area (Å²) in [7, 11) is 0.